The van der Waals surface area contributed by atoms with Crippen LogP contribution in [-0.2, 0) is 6.54 Å². The summed E-state index contributed by atoms with van der Waals surface area (Å²) in [7, 11) is 0. The van der Waals surface area contributed by atoms with Gasteiger partial charge in [-0.1, -0.05) is 27.2 Å². The number of hydrogen-bond donors (Lipinski definition) is 1. The molecule has 1 heterocycles. The van der Waals surface area contributed by atoms with Crippen molar-refractivity contribution in [3.8, 4) is 0 Å². The number of nitrogens with zero attached hydrogens (tertiary/aromatic N) is 2. The third-order valence-corrected chi connectivity index (χ3v) is 4.67. The van der Waals surface area contributed by atoms with Gasteiger partial charge < -0.3 is 5.32 Å². The van der Waals surface area contributed by atoms with Gasteiger partial charge in [-0.2, -0.15) is 5.10 Å². The number of nitrogens with one attached hydrogen (secondary N) is 1. The molecular formula is C15H24BrN3O. The number of aromatic nitrogens is 2. The first-order chi connectivity index (χ1) is 9.47. The van der Waals surface area contributed by atoms with Crippen LogP contribution >= 0.6 is 15.9 Å². The highest BCUT2D eigenvalue weighted by Crippen LogP contribution is 2.30. The number of hydrogen-bond acceptors (Lipinski definition) is 3. The summed E-state index contributed by atoms with van der Waals surface area (Å²) in [6, 6.07) is 0. The molecule has 1 aliphatic rings. The van der Waals surface area contributed by atoms with Gasteiger partial charge in [0.1, 0.15) is 4.47 Å². The summed E-state index contributed by atoms with van der Waals surface area (Å²) in [5.41, 5.74) is 0.762. The van der Waals surface area contributed by atoms with E-state index in [1.807, 2.05) is 0 Å². The first kappa shape index (κ1) is 15.5. The van der Waals surface area contributed by atoms with Crippen LogP contribution in [-0.4, -0.2) is 16.3 Å². The molecule has 2 rings (SSSR count). The molecule has 5 heteroatoms. The smallest absolute Gasteiger partial charge is 0.283 e. The minimum atomic E-state index is -0.0523. The van der Waals surface area contributed by atoms with E-state index in [1.54, 1.807) is 6.20 Å². The van der Waals surface area contributed by atoms with Gasteiger partial charge in [0.05, 0.1) is 11.9 Å². The van der Waals surface area contributed by atoms with Crippen LogP contribution in [0.3, 0.4) is 0 Å². The molecule has 0 aromatic carbocycles. The molecule has 2 atom stereocenters. The fourth-order valence-corrected chi connectivity index (χ4v) is 3.28. The average molecular weight is 342 g/mol. The maximum Gasteiger partial charge on any atom is 0.283 e. The molecule has 1 aromatic heterocycles. The van der Waals surface area contributed by atoms with E-state index in [0.29, 0.717) is 16.9 Å². The lowest BCUT2D eigenvalue weighted by molar-refractivity contribution is 0.462. The van der Waals surface area contributed by atoms with Gasteiger partial charge in [0.15, 0.2) is 0 Å². The SMILES string of the molecule is CC(C)Cn1ncc(NCC2CCC(C)C2)c(Br)c1=O. The van der Waals surface area contributed by atoms with Crippen molar-refractivity contribution < 1.29 is 0 Å². The fraction of sp³-hybridized carbons (Fsp3) is 0.733. The molecule has 4 nitrogen and oxygen atoms in total. The Bertz CT molecular complexity index is 512. The molecule has 0 aliphatic heterocycles. The highest BCUT2D eigenvalue weighted by molar-refractivity contribution is 9.10. The maximum absolute atomic E-state index is 12.2. The van der Waals surface area contributed by atoms with Gasteiger partial charge in [-0.25, -0.2) is 4.68 Å². The lowest BCUT2D eigenvalue weighted by Crippen LogP contribution is -2.27. The zero-order valence-corrected chi connectivity index (χ0v) is 14.1. The topological polar surface area (TPSA) is 46.9 Å². The van der Waals surface area contributed by atoms with Crippen LogP contribution in [0.2, 0.25) is 0 Å². The number of halogens is 1. The maximum atomic E-state index is 12.2. The van der Waals surface area contributed by atoms with Crippen LogP contribution in [0.15, 0.2) is 15.5 Å². The number of rotatable bonds is 5. The molecule has 1 aliphatic carbocycles. The van der Waals surface area contributed by atoms with E-state index in [1.165, 1.54) is 23.9 Å². The predicted octanol–water partition coefficient (Wildman–Crippen LogP) is 3.51. The van der Waals surface area contributed by atoms with E-state index >= 15 is 0 Å². The van der Waals surface area contributed by atoms with Crippen molar-refractivity contribution in [1.29, 1.82) is 0 Å². The van der Waals surface area contributed by atoms with Crippen molar-refractivity contribution in [2.75, 3.05) is 11.9 Å². The van der Waals surface area contributed by atoms with Gasteiger partial charge in [-0.05, 0) is 46.5 Å². The minimum Gasteiger partial charge on any atom is -0.382 e. The van der Waals surface area contributed by atoms with Gasteiger partial charge in [0, 0.05) is 13.1 Å². The van der Waals surface area contributed by atoms with Crippen LogP contribution in [0.5, 0.6) is 0 Å². The first-order valence-electron chi connectivity index (χ1n) is 7.46. The molecule has 0 amide bonds. The predicted molar refractivity (Wildman–Crippen MR) is 86.0 cm³/mol. The van der Waals surface area contributed by atoms with Crippen LogP contribution in [0.25, 0.3) is 0 Å². The van der Waals surface area contributed by atoms with E-state index in [4.69, 9.17) is 0 Å². The minimum absolute atomic E-state index is 0.0523. The third-order valence-electron chi connectivity index (χ3n) is 3.91. The molecule has 0 bridgehead atoms. The van der Waals surface area contributed by atoms with Crippen molar-refractivity contribution in [3.05, 3.63) is 21.0 Å². The van der Waals surface area contributed by atoms with Gasteiger partial charge >= 0.3 is 0 Å². The van der Waals surface area contributed by atoms with E-state index in [2.05, 4.69) is 47.1 Å². The van der Waals surface area contributed by atoms with E-state index in [-0.39, 0.29) is 5.56 Å². The Morgan fingerprint density at radius 2 is 2.25 bits per heavy atom. The quantitative estimate of drug-likeness (QED) is 0.891. The van der Waals surface area contributed by atoms with Crippen LogP contribution in [0.4, 0.5) is 5.69 Å². The zero-order chi connectivity index (χ0) is 14.7. The van der Waals surface area contributed by atoms with Gasteiger partial charge in [0.25, 0.3) is 5.56 Å². The lowest BCUT2D eigenvalue weighted by atomic mass is 10.1. The molecule has 112 valence electrons. The molecule has 0 saturated heterocycles. The Kier molecular flexibility index (Phi) is 5.24. The molecule has 2 unspecified atom stereocenters. The van der Waals surface area contributed by atoms with Crippen molar-refractivity contribution in [2.24, 2.45) is 17.8 Å². The summed E-state index contributed by atoms with van der Waals surface area (Å²) in [6.45, 7) is 8.05. The molecule has 1 aromatic rings. The Labute approximate surface area is 129 Å². The Morgan fingerprint density at radius 1 is 1.50 bits per heavy atom. The zero-order valence-electron chi connectivity index (χ0n) is 12.5. The van der Waals surface area contributed by atoms with Crippen molar-refractivity contribution >= 4 is 21.6 Å². The summed E-state index contributed by atoms with van der Waals surface area (Å²) in [5.74, 6) is 1.96. The summed E-state index contributed by atoms with van der Waals surface area (Å²) < 4.78 is 2.12. The monoisotopic (exact) mass is 341 g/mol. The van der Waals surface area contributed by atoms with Crippen molar-refractivity contribution in [2.45, 2.75) is 46.6 Å². The fourth-order valence-electron chi connectivity index (χ4n) is 2.83. The highest BCUT2D eigenvalue weighted by Gasteiger charge is 2.21. The van der Waals surface area contributed by atoms with Crippen LogP contribution in [0.1, 0.15) is 40.0 Å². The normalized spacial score (nSPS) is 22.4. The van der Waals surface area contributed by atoms with Gasteiger partial charge in [-0.3, -0.25) is 4.79 Å². The second-order valence-corrected chi connectivity index (χ2v) is 7.21. The molecule has 0 radical (unpaired) electrons. The summed E-state index contributed by atoms with van der Waals surface area (Å²) in [5, 5.41) is 7.63. The first-order valence-corrected chi connectivity index (χ1v) is 8.26. The summed E-state index contributed by atoms with van der Waals surface area (Å²) >= 11 is 3.41. The lowest BCUT2D eigenvalue weighted by Gasteiger charge is -2.14. The van der Waals surface area contributed by atoms with Gasteiger partial charge in [-0.15, -0.1) is 0 Å². The molecule has 0 spiro atoms. The third kappa shape index (κ3) is 3.84. The van der Waals surface area contributed by atoms with Crippen LogP contribution in [0, 0.1) is 17.8 Å². The average Bonchev–Trinajstić information content (AvgIpc) is 2.79. The summed E-state index contributed by atoms with van der Waals surface area (Å²) in [4.78, 5) is 12.2. The number of anilines is 1. The van der Waals surface area contributed by atoms with E-state index in [0.717, 1.165) is 24.1 Å². The van der Waals surface area contributed by atoms with E-state index < -0.39 is 0 Å². The standard InChI is InChI=1S/C15H24BrN3O/c1-10(2)9-19-15(20)14(16)13(8-18-19)17-7-12-5-4-11(3)6-12/h8,10-12,17H,4-7,9H2,1-3H3. The molecule has 20 heavy (non-hydrogen) atoms. The van der Waals surface area contributed by atoms with E-state index in [9.17, 15) is 4.79 Å². The Hall–Kier alpha value is -0.840. The Balaban J connectivity index is 2.02. The van der Waals surface area contributed by atoms with Gasteiger partial charge in [0.2, 0.25) is 0 Å². The Morgan fingerprint density at radius 3 is 2.85 bits per heavy atom. The van der Waals surface area contributed by atoms with Crippen LogP contribution < -0.4 is 10.9 Å². The van der Waals surface area contributed by atoms with Crippen molar-refractivity contribution in [3.63, 3.8) is 0 Å². The second-order valence-electron chi connectivity index (χ2n) is 6.42. The molecule has 1 N–H and O–H groups in total. The highest BCUT2D eigenvalue weighted by atomic mass is 79.9. The summed E-state index contributed by atoms with van der Waals surface area (Å²) in [6.07, 6.45) is 5.64. The molecule has 1 fully saturated rings. The molecule has 1 saturated carbocycles. The molecular weight excluding hydrogens is 318 g/mol. The van der Waals surface area contributed by atoms with Crippen molar-refractivity contribution in [1.82, 2.24) is 9.78 Å². The second kappa shape index (κ2) is 6.74. The largest absolute Gasteiger partial charge is 0.382 e.